The number of rotatable bonds is 1. The van der Waals surface area contributed by atoms with E-state index in [1.54, 1.807) is 4.90 Å². The van der Waals surface area contributed by atoms with Crippen LogP contribution in [0.5, 0.6) is 0 Å². The van der Waals surface area contributed by atoms with Gasteiger partial charge in [0.2, 0.25) is 0 Å². The Morgan fingerprint density at radius 2 is 2.12 bits per heavy atom. The van der Waals surface area contributed by atoms with Crippen molar-refractivity contribution in [2.75, 3.05) is 6.54 Å². The number of hydrogen-bond donors (Lipinski definition) is 0. The second-order valence-corrected chi connectivity index (χ2v) is 5.88. The minimum Gasteiger partial charge on any atom is -0.444 e. The molecule has 1 unspecified atom stereocenters. The fourth-order valence-corrected chi connectivity index (χ4v) is 2.10. The summed E-state index contributed by atoms with van der Waals surface area (Å²) in [6.45, 7) is 8.56. The van der Waals surface area contributed by atoms with Crippen LogP contribution in [0.1, 0.15) is 47.0 Å². The first kappa shape index (κ1) is 13.9. The van der Waals surface area contributed by atoms with Gasteiger partial charge in [0.05, 0.1) is 0 Å². The van der Waals surface area contributed by atoms with Gasteiger partial charge in [0, 0.05) is 19.0 Å². The standard InChI is InChI=1S/C14H23NO2/c1-6-7-12-9-8-11(2)10-15(12)13(16)17-14(3,4)5/h1,11-12H,7-10H2,2-5H3/t11?,12-/m1/s1. The quantitative estimate of drug-likeness (QED) is 0.656. The summed E-state index contributed by atoms with van der Waals surface area (Å²) in [6.07, 6.45) is 7.85. The molecule has 0 radical (unpaired) electrons. The van der Waals surface area contributed by atoms with Crippen LogP contribution < -0.4 is 0 Å². The summed E-state index contributed by atoms with van der Waals surface area (Å²) in [4.78, 5) is 13.9. The van der Waals surface area contributed by atoms with Gasteiger partial charge < -0.3 is 9.64 Å². The van der Waals surface area contributed by atoms with Gasteiger partial charge in [-0.15, -0.1) is 12.3 Å². The third-order valence-electron chi connectivity index (χ3n) is 2.92. The van der Waals surface area contributed by atoms with E-state index in [-0.39, 0.29) is 12.1 Å². The van der Waals surface area contributed by atoms with Crippen LogP contribution in [0.15, 0.2) is 0 Å². The lowest BCUT2D eigenvalue weighted by molar-refractivity contribution is 0.00476. The lowest BCUT2D eigenvalue weighted by Crippen LogP contribution is -2.48. The number of carbonyl (C=O) groups excluding carboxylic acids is 1. The molecule has 0 spiro atoms. The van der Waals surface area contributed by atoms with E-state index in [1.165, 1.54) is 0 Å². The number of hydrogen-bond acceptors (Lipinski definition) is 2. The average molecular weight is 237 g/mol. The van der Waals surface area contributed by atoms with Crippen molar-refractivity contribution in [1.82, 2.24) is 4.90 Å². The highest BCUT2D eigenvalue weighted by molar-refractivity contribution is 5.68. The lowest BCUT2D eigenvalue weighted by Gasteiger charge is -2.38. The molecule has 3 heteroatoms. The molecule has 17 heavy (non-hydrogen) atoms. The molecule has 1 rings (SSSR count). The van der Waals surface area contributed by atoms with E-state index >= 15 is 0 Å². The van der Waals surface area contributed by atoms with Crippen molar-refractivity contribution in [3.8, 4) is 12.3 Å². The van der Waals surface area contributed by atoms with E-state index in [9.17, 15) is 4.79 Å². The molecule has 1 saturated heterocycles. The molecule has 1 aliphatic heterocycles. The predicted molar refractivity (Wildman–Crippen MR) is 68.6 cm³/mol. The molecule has 1 fully saturated rings. The van der Waals surface area contributed by atoms with Crippen LogP contribution in [0.3, 0.4) is 0 Å². The van der Waals surface area contributed by atoms with Crippen molar-refractivity contribution in [3.05, 3.63) is 0 Å². The molecule has 3 nitrogen and oxygen atoms in total. The number of carbonyl (C=O) groups is 1. The van der Waals surface area contributed by atoms with Gasteiger partial charge >= 0.3 is 6.09 Å². The van der Waals surface area contributed by atoms with Crippen molar-refractivity contribution in [1.29, 1.82) is 0 Å². The highest BCUT2D eigenvalue weighted by Gasteiger charge is 2.32. The van der Waals surface area contributed by atoms with Crippen LogP contribution in [0, 0.1) is 18.3 Å². The molecule has 0 saturated carbocycles. The van der Waals surface area contributed by atoms with E-state index in [0.717, 1.165) is 19.4 Å². The Kier molecular flexibility index (Phi) is 4.45. The van der Waals surface area contributed by atoms with E-state index in [4.69, 9.17) is 11.2 Å². The monoisotopic (exact) mass is 237 g/mol. The number of terminal acetylenes is 1. The van der Waals surface area contributed by atoms with Crippen molar-refractivity contribution < 1.29 is 9.53 Å². The Morgan fingerprint density at radius 3 is 2.65 bits per heavy atom. The van der Waals surface area contributed by atoms with E-state index in [0.29, 0.717) is 12.3 Å². The van der Waals surface area contributed by atoms with Crippen LogP contribution in [-0.2, 0) is 4.74 Å². The molecular weight excluding hydrogens is 214 g/mol. The van der Waals surface area contributed by atoms with Gasteiger partial charge in [0.25, 0.3) is 0 Å². The molecule has 0 aromatic rings. The third kappa shape index (κ3) is 4.30. The first-order valence-corrected chi connectivity index (χ1v) is 6.26. The second kappa shape index (κ2) is 5.44. The summed E-state index contributed by atoms with van der Waals surface area (Å²) in [5.74, 6) is 3.18. The molecule has 0 aliphatic carbocycles. The Labute approximate surface area is 105 Å². The molecule has 0 bridgehead atoms. The molecule has 0 aromatic carbocycles. The summed E-state index contributed by atoms with van der Waals surface area (Å²) in [5, 5.41) is 0. The highest BCUT2D eigenvalue weighted by Crippen LogP contribution is 2.25. The maximum absolute atomic E-state index is 12.1. The van der Waals surface area contributed by atoms with Crippen LogP contribution in [0.2, 0.25) is 0 Å². The molecule has 0 aromatic heterocycles. The lowest BCUT2D eigenvalue weighted by atomic mass is 9.93. The first-order valence-electron chi connectivity index (χ1n) is 6.26. The van der Waals surface area contributed by atoms with Crippen molar-refractivity contribution in [2.24, 2.45) is 5.92 Å². The molecule has 1 amide bonds. The Bertz CT molecular complexity index is 311. The molecule has 96 valence electrons. The van der Waals surface area contributed by atoms with E-state index in [1.807, 2.05) is 20.8 Å². The Hall–Kier alpha value is -1.17. The molecule has 1 heterocycles. The predicted octanol–water partition coefficient (Wildman–Crippen LogP) is 3.05. The molecule has 2 atom stereocenters. The summed E-state index contributed by atoms with van der Waals surface area (Å²) in [7, 11) is 0. The summed E-state index contributed by atoms with van der Waals surface area (Å²) < 4.78 is 5.42. The summed E-state index contributed by atoms with van der Waals surface area (Å²) >= 11 is 0. The fraction of sp³-hybridized carbons (Fsp3) is 0.786. The van der Waals surface area contributed by atoms with Gasteiger partial charge in [-0.05, 0) is 39.5 Å². The van der Waals surface area contributed by atoms with Gasteiger partial charge in [0.1, 0.15) is 5.60 Å². The topological polar surface area (TPSA) is 29.5 Å². The highest BCUT2D eigenvalue weighted by atomic mass is 16.6. The average Bonchev–Trinajstić information content (AvgIpc) is 2.18. The van der Waals surface area contributed by atoms with Gasteiger partial charge in [-0.3, -0.25) is 0 Å². The zero-order chi connectivity index (χ0) is 13.1. The Balaban J connectivity index is 2.69. The minimum atomic E-state index is -0.446. The molecule has 1 aliphatic rings. The van der Waals surface area contributed by atoms with Gasteiger partial charge in [-0.25, -0.2) is 4.79 Å². The smallest absolute Gasteiger partial charge is 0.410 e. The number of amides is 1. The van der Waals surface area contributed by atoms with E-state index in [2.05, 4.69) is 12.8 Å². The van der Waals surface area contributed by atoms with Crippen LogP contribution in [0.4, 0.5) is 4.79 Å². The van der Waals surface area contributed by atoms with Crippen molar-refractivity contribution in [2.45, 2.75) is 58.6 Å². The molecular formula is C14H23NO2. The van der Waals surface area contributed by atoms with Gasteiger partial charge in [0.15, 0.2) is 0 Å². The minimum absolute atomic E-state index is 0.144. The maximum Gasteiger partial charge on any atom is 0.410 e. The zero-order valence-corrected chi connectivity index (χ0v) is 11.3. The third-order valence-corrected chi connectivity index (χ3v) is 2.92. The zero-order valence-electron chi connectivity index (χ0n) is 11.3. The summed E-state index contributed by atoms with van der Waals surface area (Å²) in [5.41, 5.74) is -0.446. The number of nitrogens with zero attached hydrogens (tertiary/aromatic N) is 1. The SMILES string of the molecule is C#CC[C@@H]1CCC(C)CN1C(=O)OC(C)(C)C. The maximum atomic E-state index is 12.1. The number of ether oxygens (including phenoxy) is 1. The summed E-state index contributed by atoms with van der Waals surface area (Å²) in [6, 6.07) is 0.144. The van der Waals surface area contributed by atoms with Gasteiger partial charge in [-0.1, -0.05) is 6.92 Å². The van der Waals surface area contributed by atoms with Crippen LogP contribution in [-0.4, -0.2) is 29.2 Å². The van der Waals surface area contributed by atoms with E-state index < -0.39 is 5.60 Å². The fourth-order valence-electron chi connectivity index (χ4n) is 2.10. The molecule has 0 N–H and O–H groups in total. The van der Waals surface area contributed by atoms with Crippen molar-refractivity contribution >= 4 is 6.09 Å². The number of likely N-dealkylation sites (tertiary alicyclic amines) is 1. The van der Waals surface area contributed by atoms with Crippen LogP contribution >= 0.6 is 0 Å². The van der Waals surface area contributed by atoms with Crippen molar-refractivity contribution in [3.63, 3.8) is 0 Å². The normalized spacial score (nSPS) is 25.2. The van der Waals surface area contributed by atoms with Gasteiger partial charge in [-0.2, -0.15) is 0 Å². The second-order valence-electron chi connectivity index (χ2n) is 5.88. The first-order chi connectivity index (χ1) is 7.83. The number of piperidine rings is 1. The Morgan fingerprint density at radius 1 is 1.47 bits per heavy atom. The largest absolute Gasteiger partial charge is 0.444 e. The van der Waals surface area contributed by atoms with Crippen LogP contribution in [0.25, 0.3) is 0 Å².